The lowest BCUT2D eigenvalue weighted by molar-refractivity contribution is -0.161. The molecule has 70 heavy (non-hydrogen) atoms. The molecule has 1 unspecified atom stereocenters. The minimum Gasteiger partial charge on any atom is -0.462 e. The number of ether oxygens (including phenoxy) is 2. The minimum atomic E-state index is -0.772. The van der Waals surface area contributed by atoms with Crippen molar-refractivity contribution in [2.75, 3.05) is 13.2 Å². The molecule has 1 N–H and O–H groups in total. The average molecular weight is 984 g/mol. The minimum absolute atomic E-state index is 0.0629. The van der Waals surface area contributed by atoms with Gasteiger partial charge < -0.3 is 14.6 Å². The first-order valence-corrected chi connectivity index (χ1v) is 31.5. The van der Waals surface area contributed by atoms with Crippen molar-refractivity contribution in [2.45, 2.75) is 354 Å². The van der Waals surface area contributed by atoms with Gasteiger partial charge in [-0.25, -0.2) is 0 Å². The van der Waals surface area contributed by atoms with E-state index in [1.165, 1.54) is 276 Å². The summed E-state index contributed by atoms with van der Waals surface area (Å²) in [4.78, 5) is 24.5. The molecule has 0 amide bonds. The molecule has 0 saturated heterocycles. The fourth-order valence-electron chi connectivity index (χ4n) is 9.64. The van der Waals surface area contributed by atoms with Crippen LogP contribution in [-0.2, 0) is 19.1 Å². The summed E-state index contributed by atoms with van der Waals surface area (Å²) in [7, 11) is 0. The standard InChI is InChI=1S/C65H122O5/c1-3-5-7-9-11-13-15-17-19-21-23-24-25-26-27-28-29-30-31-32-33-34-35-36-37-38-39-40-42-43-45-47-49-51-53-55-57-59-64(67)69-62-63(61-66)70-65(68)60-58-56-54-52-50-48-46-44-41-22-20-18-16-14-12-10-8-6-4-2/h12,14,18,20-21,23,63,66H,3-11,13,15-17,19,22,24-62H2,1-2H3/b14-12-,20-18-,23-21-. The zero-order valence-electron chi connectivity index (χ0n) is 47.3. The van der Waals surface area contributed by atoms with E-state index in [1.807, 2.05) is 0 Å². The monoisotopic (exact) mass is 983 g/mol. The first kappa shape index (κ1) is 68.1. The Bertz CT molecular complexity index is 1110. The van der Waals surface area contributed by atoms with Gasteiger partial charge >= 0.3 is 11.9 Å². The molecule has 0 rings (SSSR count). The van der Waals surface area contributed by atoms with E-state index < -0.39 is 6.10 Å². The number of aliphatic hydroxyl groups excluding tert-OH is 1. The summed E-state index contributed by atoms with van der Waals surface area (Å²) in [5, 5.41) is 9.66. The van der Waals surface area contributed by atoms with Gasteiger partial charge in [-0.3, -0.25) is 9.59 Å². The van der Waals surface area contributed by atoms with Crippen molar-refractivity contribution in [3.05, 3.63) is 36.5 Å². The number of rotatable bonds is 59. The third-order valence-electron chi connectivity index (χ3n) is 14.4. The Hall–Kier alpha value is -1.88. The smallest absolute Gasteiger partial charge is 0.306 e. The summed E-state index contributed by atoms with van der Waals surface area (Å²) in [6.45, 7) is 4.16. The van der Waals surface area contributed by atoms with Crippen LogP contribution in [0.1, 0.15) is 348 Å². The number of hydrogen-bond acceptors (Lipinski definition) is 5. The Labute approximate surface area is 437 Å². The van der Waals surface area contributed by atoms with Gasteiger partial charge in [-0.05, 0) is 70.6 Å². The highest BCUT2D eigenvalue weighted by atomic mass is 16.6. The Balaban J connectivity index is 3.37. The van der Waals surface area contributed by atoms with E-state index in [2.05, 4.69) is 50.3 Å². The van der Waals surface area contributed by atoms with Crippen LogP contribution >= 0.6 is 0 Å². The molecule has 0 aromatic heterocycles. The lowest BCUT2D eigenvalue weighted by Gasteiger charge is -2.15. The number of carbonyl (C=O) groups is 2. The van der Waals surface area contributed by atoms with E-state index in [0.717, 1.165) is 44.9 Å². The zero-order chi connectivity index (χ0) is 50.6. The topological polar surface area (TPSA) is 72.8 Å². The predicted octanol–water partition coefficient (Wildman–Crippen LogP) is 21.4. The number of unbranched alkanes of at least 4 members (excludes halogenated alkanes) is 45. The fourth-order valence-corrected chi connectivity index (χ4v) is 9.64. The van der Waals surface area contributed by atoms with Crippen LogP contribution in [0.5, 0.6) is 0 Å². The largest absolute Gasteiger partial charge is 0.462 e. The van der Waals surface area contributed by atoms with Gasteiger partial charge in [0.25, 0.3) is 0 Å². The zero-order valence-corrected chi connectivity index (χ0v) is 47.3. The molecule has 0 saturated carbocycles. The highest BCUT2D eigenvalue weighted by Gasteiger charge is 2.16. The van der Waals surface area contributed by atoms with E-state index in [-0.39, 0.29) is 25.2 Å². The molecule has 0 aliphatic heterocycles. The molecule has 0 aliphatic rings. The molecule has 0 spiro atoms. The lowest BCUT2D eigenvalue weighted by Crippen LogP contribution is -2.28. The van der Waals surface area contributed by atoms with Crippen molar-refractivity contribution < 1.29 is 24.2 Å². The Morgan fingerprint density at radius 2 is 0.571 bits per heavy atom. The molecule has 0 fully saturated rings. The van der Waals surface area contributed by atoms with Crippen molar-refractivity contribution in [2.24, 2.45) is 0 Å². The first-order valence-electron chi connectivity index (χ1n) is 31.5. The van der Waals surface area contributed by atoms with Gasteiger partial charge in [0.15, 0.2) is 6.10 Å². The quantitative estimate of drug-likeness (QED) is 0.0373. The number of allylic oxidation sites excluding steroid dienone is 6. The van der Waals surface area contributed by atoms with Crippen LogP contribution < -0.4 is 0 Å². The van der Waals surface area contributed by atoms with Crippen molar-refractivity contribution in [3.8, 4) is 0 Å². The summed E-state index contributed by atoms with van der Waals surface area (Å²) in [6.07, 6.45) is 80.2. The van der Waals surface area contributed by atoms with Crippen LogP contribution in [0.15, 0.2) is 36.5 Å². The van der Waals surface area contributed by atoms with Gasteiger partial charge in [0.2, 0.25) is 0 Å². The van der Waals surface area contributed by atoms with E-state index in [1.54, 1.807) is 0 Å². The first-order chi connectivity index (χ1) is 34.6. The van der Waals surface area contributed by atoms with Gasteiger partial charge in [0.1, 0.15) is 6.61 Å². The molecule has 1 atom stereocenters. The van der Waals surface area contributed by atoms with Crippen molar-refractivity contribution in [3.63, 3.8) is 0 Å². The van der Waals surface area contributed by atoms with Crippen LogP contribution in [0, 0.1) is 0 Å². The van der Waals surface area contributed by atoms with Gasteiger partial charge in [-0.1, -0.05) is 301 Å². The van der Waals surface area contributed by atoms with E-state index >= 15 is 0 Å². The maximum atomic E-state index is 12.3. The van der Waals surface area contributed by atoms with E-state index in [0.29, 0.717) is 12.8 Å². The Morgan fingerprint density at radius 1 is 0.329 bits per heavy atom. The summed E-state index contributed by atoms with van der Waals surface area (Å²) in [5.74, 6) is -0.578. The second-order valence-electron chi connectivity index (χ2n) is 21.5. The van der Waals surface area contributed by atoms with Crippen LogP contribution in [0.4, 0.5) is 0 Å². The second-order valence-corrected chi connectivity index (χ2v) is 21.5. The van der Waals surface area contributed by atoms with Crippen molar-refractivity contribution in [1.29, 1.82) is 0 Å². The SMILES string of the molecule is CCCCC/C=C\C/C=C\CCCCCCCCCCCC(=O)OC(CO)COC(=O)CCCCCCCCCCCCCCCCCCCCCCCCCCC/C=C\CCCCCCCCCC. The Morgan fingerprint density at radius 3 is 0.886 bits per heavy atom. The highest BCUT2D eigenvalue weighted by molar-refractivity contribution is 5.70. The lowest BCUT2D eigenvalue weighted by atomic mass is 10.0. The van der Waals surface area contributed by atoms with Crippen molar-refractivity contribution in [1.82, 2.24) is 0 Å². The molecule has 0 aromatic carbocycles. The van der Waals surface area contributed by atoms with E-state index in [4.69, 9.17) is 9.47 Å². The molecular weight excluding hydrogens is 861 g/mol. The molecule has 0 aromatic rings. The van der Waals surface area contributed by atoms with Crippen LogP contribution in [-0.4, -0.2) is 36.4 Å². The molecule has 0 heterocycles. The Kier molecular flexibility index (Phi) is 59.8. The fraction of sp³-hybridized carbons (Fsp3) is 0.877. The highest BCUT2D eigenvalue weighted by Crippen LogP contribution is 2.18. The number of carbonyl (C=O) groups excluding carboxylic acids is 2. The molecule has 0 bridgehead atoms. The molecule has 5 nitrogen and oxygen atoms in total. The molecule has 5 heteroatoms. The van der Waals surface area contributed by atoms with E-state index in [9.17, 15) is 14.7 Å². The molecule has 0 radical (unpaired) electrons. The third kappa shape index (κ3) is 58.7. The molecular formula is C65H122O5. The van der Waals surface area contributed by atoms with Gasteiger partial charge in [-0.15, -0.1) is 0 Å². The summed E-state index contributed by atoms with van der Waals surface area (Å²) in [5.41, 5.74) is 0. The van der Waals surface area contributed by atoms with Gasteiger partial charge in [0, 0.05) is 12.8 Å². The van der Waals surface area contributed by atoms with Gasteiger partial charge in [-0.2, -0.15) is 0 Å². The number of hydrogen-bond donors (Lipinski definition) is 1. The second kappa shape index (κ2) is 61.4. The molecule has 0 aliphatic carbocycles. The van der Waals surface area contributed by atoms with Crippen LogP contribution in [0.3, 0.4) is 0 Å². The number of esters is 2. The average Bonchev–Trinajstić information content (AvgIpc) is 3.36. The number of aliphatic hydroxyl groups is 1. The maximum absolute atomic E-state index is 12.3. The normalized spacial score (nSPS) is 12.3. The van der Waals surface area contributed by atoms with Crippen LogP contribution in [0.25, 0.3) is 0 Å². The van der Waals surface area contributed by atoms with Crippen LogP contribution in [0.2, 0.25) is 0 Å². The maximum Gasteiger partial charge on any atom is 0.306 e. The molecule has 412 valence electrons. The third-order valence-corrected chi connectivity index (χ3v) is 14.4. The summed E-state index contributed by atoms with van der Waals surface area (Å²) >= 11 is 0. The summed E-state index contributed by atoms with van der Waals surface area (Å²) in [6, 6.07) is 0. The predicted molar refractivity (Wildman–Crippen MR) is 307 cm³/mol. The summed E-state index contributed by atoms with van der Waals surface area (Å²) < 4.78 is 10.7. The van der Waals surface area contributed by atoms with Crippen molar-refractivity contribution >= 4 is 11.9 Å². The van der Waals surface area contributed by atoms with Gasteiger partial charge in [0.05, 0.1) is 6.61 Å².